The van der Waals surface area contributed by atoms with Crippen LogP contribution in [0.2, 0.25) is 0 Å². The minimum absolute atomic E-state index is 0.0810. The summed E-state index contributed by atoms with van der Waals surface area (Å²) in [6, 6.07) is 1.22. The first-order valence-corrected chi connectivity index (χ1v) is 4.37. The lowest BCUT2D eigenvalue weighted by Crippen LogP contribution is -2.37. The second-order valence-corrected chi connectivity index (χ2v) is 3.24. The van der Waals surface area contributed by atoms with Crippen molar-refractivity contribution < 1.29 is 14.0 Å². The smallest absolute Gasteiger partial charge is 0.287 e. The van der Waals surface area contributed by atoms with Gasteiger partial charge in [-0.2, -0.15) is 0 Å². The molecule has 1 aromatic heterocycles. The van der Waals surface area contributed by atoms with Crippen molar-refractivity contribution in [1.82, 2.24) is 5.32 Å². The van der Waals surface area contributed by atoms with E-state index in [0.717, 1.165) is 5.56 Å². The molecule has 0 spiro atoms. The molecule has 0 aliphatic heterocycles. The van der Waals surface area contributed by atoms with Crippen LogP contribution in [-0.4, -0.2) is 17.7 Å². The van der Waals surface area contributed by atoms with Crippen molar-refractivity contribution in [3.63, 3.8) is 0 Å². The summed E-state index contributed by atoms with van der Waals surface area (Å²) < 4.78 is 4.98. The van der Waals surface area contributed by atoms with E-state index in [1.807, 2.05) is 0 Å². The largest absolute Gasteiger partial charge is 0.459 e. The van der Waals surface area contributed by atoms with E-state index >= 15 is 0 Å². The molecule has 1 atom stereocenters. The average molecular weight is 195 g/mol. The van der Waals surface area contributed by atoms with Crippen LogP contribution in [0.5, 0.6) is 0 Å². The molecule has 1 amide bonds. The van der Waals surface area contributed by atoms with Gasteiger partial charge >= 0.3 is 0 Å². The maximum Gasteiger partial charge on any atom is 0.287 e. The van der Waals surface area contributed by atoms with Gasteiger partial charge < -0.3 is 9.73 Å². The predicted molar refractivity (Wildman–Crippen MR) is 51.1 cm³/mol. The minimum atomic E-state index is -0.480. The van der Waals surface area contributed by atoms with Crippen LogP contribution in [-0.2, 0) is 4.79 Å². The van der Waals surface area contributed by atoms with Gasteiger partial charge in [0, 0.05) is 5.56 Å². The summed E-state index contributed by atoms with van der Waals surface area (Å²) in [6.07, 6.45) is 1.45. The number of Topliss-reactive ketones (excluding diaryl/α,β-unsaturated/α-hetero) is 1. The number of hydrogen-bond donors (Lipinski definition) is 1. The molecule has 1 heterocycles. The van der Waals surface area contributed by atoms with Crippen LogP contribution in [0.4, 0.5) is 0 Å². The van der Waals surface area contributed by atoms with E-state index in [9.17, 15) is 9.59 Å². The summed E-state index contributed by atoms with van der Waals surface area (Å²) in [7, 11) is 0. The number of amides is 1. The van der Waals surface area contributed by atoms with Crippen LogP contribution in [0.1, 0.15) is 30.0 Å². The molecule has 0 fully saturated rings. The molecule has 1 unspecified atom stereocenters. The van der Waals surface area contributed by atoms with Crippen molar-refractivity contribution in [2.75, 3.05) is 0 Å². The Morgan fingerprint density at radius 1 is 1.50 bits per heavy atom. The fraction of sp³-hybridized carbons (Fsp3) is 0.400. The molecule has 0 saturated carbocycles. The molecule has 1 aromatic rings. The lowest BCUT2D eigenvalue weighted by molar-refractivity contribution is -0.118. The Labute approximate surface area is 82.3 Å². The Hall–Kier alpha value is -1.58. The van der Waals surface area contributed by atoms with Gasteiger partial charge in [0.05, 0.1) is 12.3 Å². The molecule has 0 radical (unpaired) electrons. The third kappa shape index (κ3) is 2.22. The molecule has 4 nitrogen and oxygen atoms in total. The molecule has 0 aliphatic rings. The quantitative estimate of drug-likeness (QED) is 0.790. The van der Waals surface area contributed by atoms with E-state index in [4.69, 9.17) is 4.42 Å². The van der Waals surface area contributed by atoms with Crippen molar-refractivity contribution in [3.05, 3.63) is 23.7 Å². The highest BCUT2D eigenvalue weighted by molar-refractivity contribution is 5.96. The van der Waals surface area contributed by atoms with Crippen molar-refractivity contribution >= 4 is 11.7 Å². The van der Waals surface area contributed by atoms with Crippen LogP contribution in [0.25, 0.3) is 0 Å². The number of carbonyl (C=O) groups is 2. The third-order valence-electron chi connectivity index (χ3n) is 2.03. The van der Waals surface area contributed by atoms with Gasteiger partial charge in [-0.05, 0) is 26.8 Å². The summed E-state index contributed by atoms with van der Waals surface area (Å²) in [6.45, 7) is 4.84. The van der Waals surface area contributed by atoms with Crippen LogP contribution >= 0.6 is 0 Å². The van der Waals surface area contributed by atoms with Gasteiger partial charge in [-0.3, -0.25) is 9.59 Å². The molecule has 76 valence electrons. The molecular formula is C10H13NO3. The second kappa shape index (κ2) is 4.09. The second-order valence-electron chi connectivity index (χ2n) is 3.24. The molecule has 0 aromatic carbocycles. The first kappa shape index (κ1) is 10.5. The van der Waals surface area contributed by atoms with Gasteiger partial charge in [0.15, 0.2) is 11.5 Å². The summed E-state index contributed by atoms with van der Waals surface area (Å²) >= 11 is 0. The van der Waals surface area contributed by atoms with Crippen LogP contribution in [0.15, 0.2) is 16.7 Å². The molecule has 0 saturated heterocycles. The first-order valence-electron chi connectivity index (χ1n) is 4.37. The van der Waals surface area contributed by atoms with Crippen molar-refractivity contribution in [3.8, 4) is 0 Å². The zero-order chi connectivity index (χ0) is 10.7. The number of furan rings is 1. The third-order valence-corrected chi connectivity index (χ3v) is 2.03. The molecular weight excluding hydrogens is 182 g/mol. The van der Waals surface area contributed by atoms with E-state index in [1.54, 1.807) is 19.9 Å². The van der Waals surface area contributed by atoms with Gasteiger partial charge in [-0.25, -0.2) is 0 Å². The fourth-order valence-electron chi connectivity index (χ4n) is 0.969. The number of aryl methyl sites for hydroxylation is 1. The topological polar surface area (TPSA) is 59.3 Å². The normalized spacial score (nSPS) is 12.2. The maximum absolute atomic E-state index is 11.5. The van der Waals surface area contributed by atoms with Gasteiger partial charge in [-0.15, -0.1) is 0 Å². The summed E-state index contributed by atoms with van der Waals surface area (Å²) in [4.78, 5) is 22.4. The standard InChI is InChI=1S/C10H13NO3/c1-6-4-5-14-9(6)10(13)11-7(2)8(3)12/h4-5,7H,1-3H3,(H,11,13). The summed E-state index contributed by atoms with van der Waals surface area (Å²) in [5.74, 6) is -0.171. The van der Waals surface area contributed by atoms with Gasteiger partial charge in [0.2, 0.25) is 0 Å². The lowest BCUT2D eigenvalue weighted by atomic mass is 10.2. The van der Waals surface area contributed by atoms with Gasteiger partial charge in [-0.1, -0.05) is 0 Å². The van der Waals surface area contributed by atoms with Crippen molar-refractivity contribution in [1.29, 1.82) is 0 Å². The Morgan fingerprint density at radius 3 is 2.57 bits per heavy atom. The highest BCUT2D eigenvalue weighted by Gasteiger charge is 2.16. The van der Waals surface area contributed by atoms with E-state index < -0.39 is 6.04 Å². The van der Waals surface area contributed by atoms with Crippen LogP contribution in [0.3, 0.4) is 0 Å². The molecule has 14 heavy (non-hydrogen) atoms. The van der Waals surface area contributed by atoms with Crippen molar-refractivity contribution in [2.45, 2.75) is 26.8 Å². The van der Waals surface area contributed by atoms with E-state index in [1.165, 1.54) is 13.2 Å². The Morgan fingerprint density at radius 2 is 2.14 bits per heavy atom. The molecule has 1 N–H and O–H groups in total. The number of hydrogen-bond acceptors (Lipinski definition) is 3. The highest BCUT2D eigenvalue weighted by Crippen LogP contribution is 2.08. The molecule has 4 heteroatoms. The Bertz CT molecular complexity index is 354. The first-order chi connectivity index (χ1) is 6.52. The zero-order valence-electron chi connectivity index (χ0n) is 8.46. The van der Waals surface area contributed by atoms with E-state index in [0.29, 0.717) is 0 Å². The molecule has 1 rings (SSSR count). The molecule has 0 aliphatic carbocycles. The molecule has 0 bridgehead atoms. The Kier molecular flexibility index (Phi) is 3.06. The summed E-state index contributed by atoms with van der Waals surface area (Å²) in [5, 5.41) is 2.54. The van der Waals surface area contributed by atoms with Crippen molar-refractivity contribution in [2.24, 2.45) is 0 Å². The maximum atomic E-state index is 11.5. The van der Waals surface area contributed by atoms with Gasteiger partial charge in [0.1, 0.15) is 0 Å². The van der Waals surface area contributed by atoms with Gasteiger partial charge in [0.25, 0.3) is 5.91 Å². The average Bonchev–Trinajstić information content (AvgIpc) is 2.51. The highest BCUT2D eigenvalue weighted by atomic mass is 16.3. The number of rotatable bonds is 3. The number of nitrogens with one attached hydrogen (secondary N) is 1. The zero-order valence-corrected chi connectivity index (χ0v) is 8.46. The van der Waals surface area contributed by atoms with Crippen LogP contribution in [0, 0.1) is 6.92 Å². The van der Waals surface area contributed by atoms with E-state index in [-0.39, 0.29) is 17.5 Å². The SMILES string of the molecule is CC(=O)C(C)NC(=O)c1occc1C. The number of carbonyl (C=O) groups excluding carboxylic acids is 2. The fourth-order valence-corrected chi connectivity index (χ4v) is 0.969. The monoisotopic (exact) mass is 195 g/mol. The van der Waals surface area contributed by atoms with Crippen LogP contribution < -0.4 is 5.32 Å². The lowest BCUT2D eigenvalue weighted by Gasteiger charge is -2.08. The summed E-state index contributed by atoms with van der Waals surface area (Å²) in [5.41, 5.74) is 0.762. The Balaban J connectivity index is 2.69. The minimum Gasteiger partial charge on any atom is -0.459 e. The van der Waals surface area contributed by atoms with E-state index in [2.05, 4.69) is 5.32 Å². The number of ketones is 1. The predicted octanol–water partition coefficient (Wildman–Crippen LogP) is 1.30.